The van der Waals surface area contributed by atoms with Crippen molar-refractivity contribution in [2.45, 2.75) is 67.2 Å². The van der Waals surface area contributed by atoms with Crippen LogP contribution < -0.4 is 5.32 Å². The number of hydrogen-bond acceptors (Lipinski definition) is 1. The van der Waals surface area contributed by atoms with Crippen LogP contribution in [-0.4, -0.2) is 13.1 Å². The molecular formula is C16H33N. The Bertz CT molecular complexity index is 224. The molecule has 0 amide bonds. The van der Waals surface area contributed by atoms with Gasteiger partial charge in [0.1, 0.15) is 0 Å². The first-order valence-corrected chi connectivity index (χ1v) is 7.63. The maximum atomic E-state index is 3.67. The average Bonchev–Trinajstić information content (AvgIpc) is 2.65. The van der Waals surface area contributed by atoms with Gasteiger partial charge in [0.25, 0.3) is 0 Å². The van der Waals surface area contributed by atoms with E-state index in [9.17, 15) is 0 Å². The molecule has 1 nitrogen and oxygen atoms in total. The number of rotatable bonds is 8. The van der Waals surface area contributed by atoms with Gasteiger partial charge in [0.15, 0.2) is 0 Å². The van der Waals surface area contributed by atoms with Gasteiger partial charge >= 0.3 is 0 Å². The van der Waals surface area contributed by atoms with Gasteiger partial charge in [-0.05, 0) is 48.6 Å². The molecule has 1 saturated carbocycles. The largest absolute Gasteiger partial charge is 0.316 e. The van der Waals surface area contributed by atoms with Crippen LogP contribution in [0.5, 0.6) is 0 Å². The van der Waals surface area contributed by atoms with Crippen LogP contribution in [0.15, 0.2) is 0 Å². The molecule has 1 unspecified atom stereocenters. The van der Waals surface area contributed by atoms with E-state index < -0.39 is 0 Å². The summed E-state index contributed by atoms with van der Waals surface area (Å²) in [6, 6.07) is 0. The third-order valence-electron chi connectivity index (χ3n) is 5.03. The smallest absolute Gasteiger partial charge is 0.000957 e. The SMILES string of the molecule is CCCC1(CCC)C(CNCC(C)C)C1(C)C. The minimum absolute atomic E-state index is 0.559. The van der Waals surface area contributed by atoms with Crippen LogP contribution in [-0.2, 0) is 0 Å². The average molecular weight is 239 g/mol. The fourth-order valence-electron chi connectivity index (χ4n) is 4.04. The van der Waals surface area contributed by atoms with E-state index in [2.05, 4.69) is 46.9 Å². The summed E-state index contributed by atoms with van der Waals surface area (Å²) in [6.07, 6.45) is 5.51. The molecule has 0 heterocycles. The Balaban J connectivity index is 2.53. The van der Waals surface area contributed by atoms with Crippen molar-refractivity contribution >= 4 is 0 Å². The zero-order chi connectivity index (χ0) is 13.1. The molecule has 0 saturated heterocycles. The van der Waals surface area contributed by atoms with Gasteiger partial charge in [0.2, 0.25) is 0 Å². The molecule has 102 valence electrons. The highest BCUT2D eigenvalue weighted by Crippen LogP contribution is 2.72. The van der Waals surface area contributed by atoms with E-state index in [1.807, 2.05) is 0 Å². The van der Waals surface area contributed by atoms with E-state index in [1.54, 1.807) is 0 Å². The van der Waals surface area contributed by atoms with E-state index in [0.717, 1.165) is 11.8 Å². The highest BCUT2D eigenvalue weighted by atomic mass is 14.9. The summed E-state index contributed by atoms with van der Waals surface area (Å²) in [5.41, 5.74) is 1.20. The fraction of sp³-hybridized carbons (Fsp3) is 1.00. The molecule has 1 heteroatoms. The Morgan fingerprint density at radius 2 is 1.59 bits per heavy atom. The lowest BCUT2D eigenvalue weighted by Crippen LogP contribution is -2.24. The Morgan fingerprint density at radius 3 is 2.00 bits per heavy atom. The molecule has 0 bridgehead atoms. The van der Waals surface area contributed by atoms with Crippen LogP contribution in [0.1, 0.15) is 67.2 Å². The standard InChI is InChI=1S/C16H33N/c1-7-9-16(10-8-2)14(15(16,5)6)12-17-11-13(3)4/h13-14,17H,7-12H2,1-6H3. The second-order valence-electron chi connectivity index (χ2n) is 6.98. The maximum Gasteiger partial charge on any atom is -0.000957 e. The summed E-state index contributed by atoms with van der Waals surface area (Å²) < 4.78 is 0. The first-order chi connectivity index (χ1) is 7.92. The first-order valence-electron chi connectivity index (χ1n) is 7.63. The molecule has 1 atom stereocenters. The lowest BCUT2D eigenvalue weighted by atomic mass is 9.86. The van der Waals surface area contributed by atoms with Gasteiger partial charge in [-0.15, -0.1) is 0 Å². The predicted octanol–water partition coefficient (Wildman–Crippen LogP) is 4.47. The van der Waals surface area contributed by atoms with Gasteiger partial charge in [0.05, 0.1) is 0 Å². The second kappa shape index (κ2) is 5.73. The van der Waals surface area contributed by atoms with Gasteiger partial charge in [-0.1, -0.05) is 54.4 Å². The zero-order valence-corrected chi connectivity index (χ0v) is 12.9. The van der Waals surface area contributed by atoms with Crippen LogP contribution in [0.25, 0.3) is 0 Å². The quantitative estimate of drug-likeness (QED) is 0.659. The Labute approximate surface area is 109 Å². The summed E-state index contributed by atoms with van der Waals surface area (Å²) >= 11 is 0. The monoisotopic (exact) mass is 239 g/mol. The third kappa shape index (κ3) is 2.86. The van der Waals surface area contributed by atoms with Gasteiger partial charge in [0, 0.05) is 0 Å². The lowest BCUT2D eigenvalue weighted by molar-refractivity contribution is 0.317. The summed E-state index contributed by atoms with van der Waals surface area (Å²) in [7, 11) is 0. The highest BCUT2D eigenvalue weighted by Gasteiger charge is 2.68. The van der Waals surface area contributed by atoms with Crippen molar-refractivity contribution < 1.29 is 0 Å². The molecule has 0 aliphatic heterocycles. The summed E-state index contributed by atoms with van der Waals surface area (Å²) in [5.74, 6) is 1.66. The van der Waals surface area contributed by atoms with Crippen LogP contribution in [0.2, 0.25) is 0 Å². The van der Waals surface area contributed by atoms with Gasteiger partial charge < -0.3 is 5.32 Å². The molecular weight excluding hydrogens is 206 g/mol. The minimum Gasteiger partial charge on any atom is -0.316 e. The van der Waals surface area contributed by atoms with E-state index in [4.69, 9.17) is 0 Å². The summed E-state index contributed by atoms with van der Waals surface area (Å²) in [5, 5.41) is 3.67. The fourth-order valence-corrected chi connectivity index (χ4v) is 4.04. The van der Waals surface area contributed by atoms with Crippen molar-refractivity contribution in [1.82, 2.24) is 5.32 Å². The second-order valence-corrected chi connectivity index (χ2v) is 6.98. The predicted molar refractivity (Wildman–Crippen MR) is 77.2 cm³/mol. The molecule has 0 aromatic rings. The topological polar surface area (TPSA) is 12.0 Å². The van der Waals surface area contributed by atoms with Crippen molar-refractivity contribution in [1.29, 1.82) is 0 Å². The molecule has 1 N–H and O–H groups in total. The zero-order valence-electron chi connectivity index (χ0n) is 12.9. The molecule has 0 spiro atoms. The molecule has 1 fully saturated rings. The molecule has 0 aromatic carbocycles. The third-order valence-corrected chi connectivity index (χ3v) is 5.03. The van der Waals surface area contributed by atoms with E-state index in [1.165, 1.54) is 38.8 Å². The number of nitrogens with one attached hydrogen (secondary N) is 1. The summed E-state index contributed by atoms with van der Waals surface area (Å²) in [4.78, 5) is 0. The van der Waals surface area contributed by atoms with Crippen LogP contribution >= 0.6 is 0 Å². The molecule has 1 aliphatic carbocycles. The molecule has 0 radical (unpaired) electrons. The summed E-state index contributed by atoms with van der Waals surface area (Å²) in [6.45, 7) is 16.6. The van der Waals surface area contributed by atoms with Crippen molar-refractivity contribution in [3.05, 3.63) is 0 Å². The van der Waals surface area contributed by atoms with Crippen molar-refractivity contribution in [2.24, 2.45) is 22.7 Å². The van der Waals surface area contributed by atoms with Crippen LogP contribution in [0.4, 0.5) is 0 Å². The first kappa shape index (κ1) is 15.0. The maximum absolute atomic E-state index is 3.67. The molecule has 0 aromatic heterocycles. The number of hydrogen-bond donors (Lipinski definition) is 1. The van der Waals surface area contributed by atoms with Gasteiger partial charge in [-0.25, -0.2) is 0 Å². The van der Waals surface area contributed by atoms with E-state index in [0.29, 0.717) is 10.8 Å². The van der Waals surface area contributed by atoms with Crippen LogP contribution in [0, 0.1) is 22.7 Å². The Hall–Kier alpha value is -0.0400. The van der Waals surface area contributed by atoms with Crippen molar-refractivity contribution in [2.75, 3.05) is 13.1 Å². The molecule has 1 aliphatic rings. The van der Waals surface area contributed by atoms with Gasteiger partial charge in [-0.3, -0.25) is 0 Å². The Morgan fingerprint density at radius 1 is 1.06 bits per heavy atom. The van der Waals surface area contributed by atoms with Crippen LogP contribution in [0.3, 0.4) is 0 Å². The van der Waals surface area contributed by atoms with Crippen molar-refractivity contribution in [3.8, 4) is 0 Å². The minimum atomic E-state index is 0.559. The molecule has 17 heavy (non-hydrogen) atoms. The van der Waals surface area contributed by atoms with Gasteiger partial charge in [-0.2, -0.15) is 0 Å². The van der Waals surface area contributed by atoms with Crippen molar-refractivity contribution in [3.63, 3.8) is 0 Å². The highest BCUT2D eigenvalue weighted by molar-refractivity contribution is 5.17. The Kier molecular flexibility index (Phi) is 5.07. The lowest BCUT2D eigenvalue weighted by Gasteiger charge is -2.19. The van der Waals surface area contributed by atoms with E-state index >= 15 is 0 Å². The van der Waals surface area contributed by atoms with E-state index in [-0.39, 0.29) is 0 Å². The normalized spacial score (nSPS) is 25.2. The molecule has 1 rings (SSSR count).